The number of likely N-dealkylation sites (N-methyl/N-ethyl adjacent to an activating group) is 1. The summed E-state index contributed by atoms with van der Waals surface area (Å²) in [7, 11) is 2.06. The van der Waals surface area contributed by atoms with Gasteiger partial charge in [-0.15, -0.1) is 0 Å². The molecule has 9 nitrogen and oxygen atoms in total. The number of aromatic nitrogens is 1. The predicted octanol–water partition coefficient (Wildman–Crippen LogP) is 4.10. The highest BCUT2D eigenvalue weighted by molar-refractivity contribution is 5.92. The minimum Gasteiger partial charge on any atom is -0.481 e. The van der Waals surface area contributed by atoms with Crippen LogP contribution in [0.1, 0.15) is 54.0 Å². The molecule has 2 heterocycles. The van der Waals surface area contributed by atoms with E-state index < -0.39 is 12.3 Å². The van der Waals surface area contributed by atoms with Crippen molar-refractivity contribution < 1.29 is 29.3 Å². The third-order valence-corrected chi connectivity index (χ3v) is 6.61. The number of carbonyl (C=O) groups excluding carboxylic acids is 1. The number of ether oxygens (including phenoxy) is 2. The van der Waals surface area contributed by atoms with Crippen LogP contribution < -0.4 is 5.32 Å². The minimum atomic E-state index is -1.02. The number of aliphatic hydroxyl groups excluding tert-OH is 1. The van der Waals surface area contributed by atoms with Gasteiger partial charge in [-0.3, -0.25) is 14.6 Å². The first-order valence-corrected chi connectivity index (χ1v) is 13.1. The summed E-state index contributed by atoms with van der Waals surface area (Å²) < 4.78 is 12.8. The topological polar surface area (TPSA) is 121 Å². The number of aliphatic carboxylic acids is 1. The van der Waals surface area contributed by atoms with Gasteiger partial charge in [-0.25, -0.2) is 0 Å². The van der Waals surface area contributed by atoms with Crippen LogP contribution in [-0.4, -0.2) is 58.2 Å². The monoisotopic (exact) mass is 533 g/mol. The number of amides is 1. The molecule has 2 aromatic carbocycles. The quantitative estimate of drug-likeness (QED) is 0.318. The second-order valence-electron chi connectivity index (χ2n) is 9.75. The van der Waals surface area contributed by atoms with Gasteiger partial charge in [0.2, 0.25) is 5.91 Å². The van der Waals surface area contributed by atoms with E-state index in [2.05, 4.69) is 22.2 Å². The van der Waals surface area contributed by atoms with Crippen LogP contribution in [-0.2, 0) is 32.1 Å². The Hall–Kier alpha value is -3.63. The summed E-state index contributed by atoms with van der Waals surface area (Å²) in [6, 6.07) is 20.9. The summed E-state index contributed by atoms with van der Waals surface area (Å²) in [5.74, 6) is -1.38. The van der Waals surface area contributed by atoms with Crippen LogP contribution in [0.4, 0.5) is 5.69 Å². The van der Waals surface area contributed by atoms with Crippen molar-refractivity contribution in [1.29, 1.82) is 0 Å². The predicted molar refractivity (Wildman–Crippen MR) is 146 cm³/mol. The number of nitrogens with one attached hydrogen (secondary N) is 1. The number of anilines is 1. The van der Waals surface area contributed by atoms with Crippen LogP contribution in [0.5, 0.6) is 0 Å². The van der Waals surface area contributed by atoms with Crippen molar-refractivity contribution in [3.8, 4) is 0 Å². The SMILES string of the molecule is CN(CCc1ccccn1)CC1CC(c2ccc(CO)cc2)OC(c2cccc(NC(=O)CCC(=O)O)c2)O1. The van der Waals surface area contributed by atoms with Gasteiger partial charge in [-0.05, 0) is 42.4 Å². The van der Waals surface area contributed by atoms with Gasteiger partial charge < -0.3 is 29.9 Å². The fourth-order valence-corrected chi connectivity index (χ4v) is 4.53. The van der Waals surface area contributed by atoms with E-state index in [0.29, 0.717) is 18.7 Å². The van der Waals surface area contributed by atoms with Crippen LogP contribution in [0.25, 0.3) is 0 Å². The molecular formula is C30H35N3O6. The molecule has 1 saturated heterocycles. The normalized spacial score (nSPS) is 19.1. The van der Waals surface area contributed by atoms with E-state index in [-0.39, 0.29) is 37.6 Å². The lowest BCUT2D eigenvalue weighted by molar-refractivity contribution is -0.252. The fourth-order valence-electron chi connectivity index (χ4n) is 4.53. The number of carboxylic acids is 1. The van der Waals surface area contributed by atoms with E-state index in [1.807, 2.05) is 54.6 Å². The molecule has 0 spiro atoms. The van der Waals surface area contributed by atoms with Gasteiger partial charge in [0, 0.05) is 55.5 Å². The first kappa shape index (κ1) is 28.4. The average molecular weight is 534 g/mol. The lowest BCUT2D eigenvalue weighted by Gasteiger charge is -2.38. The number of pyridine rings is 1. The molecular weight excluding hydrogens is 498 g/mol. The number of nitrogens with zero attached hydrogens (tertiary/aromatic N) is 2. The summed E-state index contributed by atoms with van der Waals surface area (Å²) in [6.07, 6.45) is 1.96. The van der Waals surface area contributed by atoms with Crippen molar-refractivity contribution >= 4 is 17.6 Å². The van der Waals surface area contributed by atoms with Gasteiger partial charge >= 0.3 is 5.97 Å². The smallest absolute Gasteiger partial charge is 0.303 e. The number of carboxylic acid groups (broad SMARTS) is 1. The Labute approximate surface area is 228 Å². The summed E-state index contributed by atoms with van der Waals surface area (Å²) in [4.78, 5) is 29.6. The van der Waals surface area contributed by atoms with Gasteiger partial charge in [0.15, 0.2) is 6.29 Å². The zero-order valence-corrected chi connectivity index (χ0v) is 22.0. The van der Waals surface area contributed by atoms with Crippen LogP contribution in [0.2, 0.25) is 0 Å². The Morgan fingerprint density at radius 3 is 2.56 bits per heavy atom. The van der Waals surface area contributed by atoms with Gasteiger partial charge in [0.05, 0.1) is 25.2 Å². The van der Waals surface area contributed by atoms with Crippen LogP contribution >= 0.6 is 0 Å². The summed E-state index contributed by atoms with van der Waals surface area (Å²) in [6.45, 7) is 1.51. The minimum absolute atomic E-state index is 0.0216. The van der Waals surface area contributed by atoms with Crippen molar-refractivity contribution in [1.82, 2.24) is 9.88 Å². The maximum Gasteiger partial charge on any atom is 0.303 e. The van der Waals surface area contributed by atoms with E-state index in [1.165, 1.54) is 0 Å². The van der Waals surface area contributed by atoms with E-state index in [4.69, 9.17) is 14.6 Å². The molecule has 1 fully saturated rings. The van der Waals surface area contributed by atoms with Crippen LogP contribution in [0.15, 0.2) is 72.9 Å². The van der Waals surface area contributed by atoms with Gasteiger partial charge in [-0.1, -0.05) is 42.5 Å². The van der Waals surface area contributed by atoms with E-state index in [1.54, 1.807) is 18.3 Å². The molecule has 1 aliphatic rings. The zero-order chi connectivity index (χ0) is 27.6. The second-order valence-corrected chi connectivity index (χ2v) is 9.75. The Balaban J connectivity index is 1.47. The van der Waals surface area contributed by atoms with E-state index >= 15 is 0 Å². The molecule has 0 bridgehead atoms. The number of hydrogen-bond donors (Lipinski definition) is 3. The lowest BCUT2D eigenvalue weighted by Crippen LogP contribution is -2.38. The Bertz CT molecular complexity index is 1220. The van der Waals surface area contributed by atoms with Crippen molar-refractivity contribution in [2.45, 2.75) is 50.8 Å². The average Bonchev–Trinajstić information content (AvgIpc) is 2.95. The largest absolute Gasteiger partial charge is 0.481 e. The number of carbonyl (C=O) groups is 2. The molecule has 1 aliphatic heterocycles. The van der Waals surface area contributed by atoms with Crippen molar-refractivity contribution in [3.05, 3.63) is 95.3 Å². The first-order chi connectivity index (χ1) is 18.9. The summed E-state index contributed by atoms with van der Waals surface area (Å²) in [5.41, 5.74) is 4.18. The number of hydrogen-bond acceptors (Lipinski definition) is 7. The standard InChI is InChI=1S/C30H35N3O6/c1-33(16-14-24-6-2-3-15-31-24)19-26-18-27(22-10-8-21(20-34)9-11-22)39-30(38-26)23-5-4-7-25(17-23)32-28(35)12-13-29(36)37/h2-11,15,17,26-27,30,34H,12-14,16,18-20H2,1H3,(H,32,35)(H,36,37). The molecule has 1 aromatic heterocycles. The molecule has 206 valence electrons. The highest BCUT2D eigenvalue weighted by Crippen LogP contribution is 2.38. The van der Waals surface area contributed by atoms with Crippen LogP contribution in [0, 0.1) is 0 Å². The second kappa shape index (κ2) is 14.0. The van der Waals surface area contributed by atoms with Crippen LogP contribution in [0.3, 0.4) is 0 Å². The molecule has 1 amide bonds. The number of benzene rings is 2. The van der Waals surface area contributed by atoms with Crippen molar-refractivity contribution in [2.75, 3.05) is 25.5 Å². The van der Waals surface area contributed by atoms with E-state index in [9.17, 15) is 14.7 Å². The molecule has 0 radical (unpaired) electrons. The maximum atomic E-state index is 12.2. The Morgan fingerprint density at radius 2 is 1.85 bits per heavy atom. The third kappa shape index (κ3) is 8.69. The fraction of sp³-hybridized carbons (Fsp3) is 0.367. The lowest BCUT2D eigenvalue weighted by atomic mass is 9.99. The Morgan fingerprint density at radius 1 is 1.03 bits per heavy atom. The highest BCUT2D eigenvalue weighted by atomic mass is 16.7. The Kier molecular flexibility index (Phi) is 10.2. The van der Waals surface area contributed by atoms with Crippen molar-refractivity contribution in [3.63, 3.8) is 0 Å². The number of aliphatic hydroxyl groups is 1. The molecule has 3 unspecified atom stereocenters. The molecule has 3 atom stereocenters. The zero-order valence-electron chi connectivity index (χ0n) is 22.0. The molecule has 39 heavy (non-hydrogen) atoms. The molecule has 3 N–H and O–H groups in total. The highest BCUT2D eigenvalue weighted by Gasteiger charge is 2.33. The summed E-state index contributed by atoms with van der Waals surface area (Å²) >= 11 is 0. The molecule has 4 rings (SSSR count). The maximum absolute atomic E-state index is 12.2. The van der Waals surface area contributed by atoms with Gasteiger partial charge in [0.25, 0.3) is 0 Å². The molecule has 3 aromatic rings. The van der Waals surface area contributed by atoms with E-state index in [0.717, 1.165) is 35.3 Å². The first-order valence-electron chi connectivity index (χ1n) is 13.1. The number of rotatable bonds is 12. The van der Waals surface area contributed by atoms with Gasteiger partial charge in [-0.2, -0.15) is 0 Å². The third-order valence-electron chi connectivity index (χ3n) is 6.61. The molecule has 0 saturated carbocycles. The molecule has 0 aliphatic carbocycles. The van der Waals surface area contributed by atoms with Gasteiger partial charge in [0.1, 0.15) is 0 Å². The van der Waals surface area contributed by atoms with Crippen molar-refractivity contribution in [2.24, 2.45) is 0 Å². The molecule has 9 heteroatoms. The summed E-state index contributed by atoms with van der Waals surface area (Å²) in [5, 5.41) is 21.0.